The summed E-state index contributed by atoms with van der Waals surface area (Å²) >= 11 is 0. The first-order valence-electron chi connectivity index (χ1n) is 10.5. The zero-order valence-corrected chi connectivity index (χ0v) is 18.1. The highest BCUT2D eigenvalue weighted by molar-refractivity contribution is 5.85. The number of hydrogen-bond acceptors (Lipinski definition) is 3. The van der Waals surface area contributed by atoms with Crippen LogP contribution in [0.25, 0.3) is 10.9 Å². The van der Waals surface area contributed by atoms with Crippen molar-refractivity contribution in [2.45, 2.75) is 52.1 Å². The van der Waals surface area contributed by atoms with Crippen LogP contribution in [-0.2, 0) is 24.0 Å². The fraction of sp³-hybridized carbons (Fsp3) is 0.400. The second kappa shape index (κ2) is 9.35. The van der Waals surface area contributed by atoms with Crippen molar-refractivity contribution >= 4 is 17.0 Å². The van der Waals surface area contributed by atoms with Crippen molar-refractivity contribution in [1.82, 2.24) is 4.98 Å². The van der Waals surface area contributed by atoms with Crippen LogP contribution in [0.2, 0.25) is 0 Å². The maximum Gasteiger partial charge on any atom is 0.405 e. The van der Waals surface area contributed by atoms with Crippen molar-refractivity contribution in [3.05, 3.63) is 70.9 Å². The highest BCUT2D eigenvalue weighted by Crippen LogP contribution is 2.31. The third-order valence-electron chi connectivity index (χ3n) is 5.99. The molecule has 3 aromatic rings. The third kappa shape index (κ3) is 5.22. The van der Waals surface area contributed by atoms with Crippen molar-refractivity contribution in [3.63, 3.8) is 0 Å². The van der Waals surface area contributed by atoms with E-state index >= 15 is 0 Å². The summed E-state index contributed by atoms with van der Waals surface area (Å²) in [5.41, 5.74) is 10.6. The van der Waals surface area contributed by atoms with E-state index < -0.39 is 11.7 Å². The number of aliphatic hydroxyl groups excluding tert-OH is 1. The number of primary amides is 1. The van der Waals surface area contributed by atoms with Gasteiger partial charge in [-0.2, -0.15) is 0 Å². The molecule has 0 bridgehead atoms. The molecule has 0 saturated heterocycles. The standard InChI is InChI=1S/C25H32N2O3/c1-17-6-4-9-22-20(16-27-23(17)22)10-11-21(25(2,3)30-24(26)29)15-19-8-5-7-18(14-19)12-13-28/h4-9,14,16,21,27-28H,10-13,15H2,1-3H3,(H2,26,29). The number of benzene rings is 2. The van der Waals surface area contributed by atoms with E-state index in [1.165, 1.54) is 27.6 Å². The predicted octanol–water partition coefficient (Wildman–Crippen LogP) is 4.68. The minimum Gasteiger partial charge on any atom is -0.443 e. The second-order valence-corrected chi connectivity index (χ2v) is 8.57. The van der Waals surface area contributed by atoms with Crippen LogP contribution in [0.1, 0.15) is 42.5 Å². The van der Waals surface area contributed by atoms with E-state index in [1.807, 2.05) is 26.0 Å². The van der Waals surface area contributed by atoms with Crippen molar-refractivity contribution in [1.29, 1.82) is 0 Å². The number of para-hydroxylation sites is 1. The first-order valence-corrected chi connectivity index (χ1v) is 10.5. The smallest absolute Gasteiger partial charge is 0.405 e. The average molecular weight is 409 g/mol. The van der Waals surface area contributed by atoms with Crippen LogP contribution in [0.3, 0.4) is 0 Å². The molecule has 1 amide bonds. The number of carbonyl (C=O) groups is 1. The number of rotatable bonds is 9. The number of fused-ring (bicyclic) bond motifs is 1. The van der Waals surface area contributed by atoms with Crippen LogP contribution < -0.4 is 5.73 Å². The molecule has 0 aliphatic rings. The predicted molar refractivity (Wildman–Crippen MR) is 121 cm³/mol. The van der Waals surface area contributed by atoms with Crippen molar-refractivity contribution in [2.24, 2.45) is 11.7 Å². The lowest BCUT2D eigenvalue weighted by molar-refractivity contribution is -0.00423. The molecule has 1 aromatic heterocycles. The molecule has 0 aliphatic carbocycles. The molecule has 0 saturated carbocycles. The van der Waals surface area contributed by atoms with Crippen LogP contribution in [-0.4, -0.2) is 28.4 Å². The molecule has 0 spiro atoms. The topological polar surface area (TPSA) is 88.3 Å². The van der Waals surface area contributed by atoms with E-state index in [-0.39, 0.29) is 12.5 Å². The Bertz CT molecular complexity index is 1010. The number of aromatic amines is 1. The van der Waals surface area contributed by atoms with Gasteiger partial charge in [0.15, 0.2) is 0 Å². The summed E-state index contributed by atoms with van der Waals surface area (Å²) in [6, 6.07) is 14.6. The Balaban J connectivity index is 1.83. The third-order valence-corrected chi connectivity index (χ3v) is 5.99. The molecule has 160 valence electrons. The van der Waals surface area contributed by atoms with Crippen LogP contribution in [0.15, 0.2) is 48.7 Å². The van der Waals surface area contributed by atoms with Crippen molar-refractivity contribution < 1.29 is 14.6 Å². The van der Waals surface area contributed by atoms with E-state index in [0.717, 1.165) is 24.8 Å². The van der Waals surface area contributed by atoms with Gasteiger partial charge in [0.05, 0.1) is 0 Å². The maximum absolute atomic E-state index is 11.5. The number of aliphatic hydroxyl groups is 1. The van der Waals surface area contributed by atoms with Crippen LogP contribution >= 0.6 is 0 Å². The van der Waals surface area contributed by atoms with Crippen molar-refractivity contribution in [2.75, 3.05) is 6.61 Å². The van der Waals surface area contributed by atoms with Gasteiger partial charge in [-0.3, -0.25) is 0 Å². The van der Waals surface area contributed by atoms with E-state index in [1.54, 1.807) is 0 Å². The molecule has 1 heterocycles. The molecule has 5 nitrogen and oxygen atoms in total. The number of hydrogen-bond donors (Lipinski definition) is 3. The number of H-pyrrole nitrogens is 1. The first-order chi connectivity index (χ1) is 14.3. The van der Waals surface area contributed by atoms with Crippen molar-refractivity contribution in [3.8, 4) is 0 Å². The highest BCUT2D eigenvalue weighted by atomic mass is 16.6. The largest absolute Gasteiger partial charge is 0.443 e. The van der Waals surface area contributed by atoms with E-state index in [9.17, 15) is 9.90 Å². The Morgan fingerprint density at radius 1 is 1.17 bits per heavy atom. The average Bonchev–Trinajstić information content (AvgIpc) is 3.09. The maximum atomic E-state index is 11.5. The van der Waals surface area contributed by atoms with E-state index in [4.69, 9.17) is 10.5 Å². The molecular weight excluding hydrogens is 376 g/mol. The van der Waals surface area contributed by atoms with Gasteiger partial charge in [-0.1, -0.05) is 42.5 Å². The van der Waals surface area contributed by atoms with Gasteiger partial charge in [0.25, 0.3) is 0 Å². The molecule has 5 heteroatoms. The lowest BCUT2D eigenvalue weighted by Crippen LogP contribution is -2.40. The SMILES string of the molecule is Cc1cccc2c(CCC(Cc3cccc(CCO)c3)C(C)(C)OC(N)=O)c[nH]c12. The van der Waals surface area contributed by atoms with Crippen LogP contribution in [0, 0.1) is 12.8 Å². The van der Waals surface area contributed by atoms with Crippen LogP contribution in [0.4, 0.5) is 4.79 Å². The van der Waals surface area contributed by atoms with Gasteiger partial charge in [0, 0.05) is 29.6 Å². The summed E-state index contributed by atoms with van der Waals surface area (Å²) in [7, 11) is 0. The number of amides is 1. The summed E-state index contributed by atoms with van der Waals surface area (Å²) in [6.07, 6.45) is 4.46. The second-order valence-electron chi connectivity index (χ2n) is 8.57. The summed E-state index contributed by atoms with van der Waals surface area (Å²) in [6.45, 7) is 6.09. The Labute approximate surface area is 178 Å². The fourth-order valence-corrected chi connectivity index (χ4v) is 4.26. The zero-order chi connectivity index (χ0) is 21.7. The summed E-state index contributed by atoms with van der Waals surface area (Å²) < 4.78 is 5.52. The summed E-state index contributed by atoms with van der Waals surface area (Å²) in [5.74, 6) is 0.0872. The number of aryl methyl sites for hydroxylation is 2. The summed E-state index contributed by atoms with van der Waals surface area (Å²) in [4.78, 5) is 14.9. The molecule has 30 heavy (non-hydrogen) atoms. The Hall–Kier alpha value is -2.79. The fourth-order valence-electron chi connectivity index (χ4n) is 4.26. The lowest BCUT2D eigenvalue weighted by atomic mass is 9.81. The van der Waals surface area contributed by atoms with Gasteiger partial charge < -0.3 is 20.6 Å². The normalized spacial score (nSPS) is 12.8. The molecule has 1 unspecified atom stereocenters. The molecule has 0 fully saturated rings. The van der Waals surface area contributed by atoms with E-state index in [2.05, 4.69) is 48.4 Å². The minimum atomic E-state index is -0.748. The molecule has 3 rings (SSSR count). The van der Waals surface area contributed by atoms with Gasteiger partial charge >= 0.3 is 6.09 Å². The van der Waals surface area contributed by atoms with Crippen LogP contribution in [0.5, 0.6) is 0 Å². The molecule has 2 aromatic carbocycles. The van der Waals surface area contributed by atoms with Gasteiger partial charge in [0.1, 0.15) is 5.60 Å². The van der Waals surface area contributed by atoms with Gasteiger partial charge in [0.2, 0.25) is 0 Å². The lowest BCUT2D eigenvalue weighted by Gasteiger charge is -2.34. The monoisotopic (exact) mass is 408 g/mol. The molecule has 1 atom stereocenters. The Morgan fingerprint density at radius 3 is 2.63 bits per heavy atom. The summed E-state index contributed by atoms with van der Waals surface area (Å²) in [5, 5.41) is 10.5. The minimum absolute atomic E-state index is 0.0872. The zero-order valence-electron chi connectivity index (χ0n) is 18.1. The van der Waals surface area contributed by atoms with Gasteiger partial charge in [-0.05, 0) is 68.7 Å². The number of aromatic nitrogens is 1. The van der Waals surface area contributed by atoms with Gasteiger partial charge in [-0.25, -0.2) is 4.79 Å². The molecule has 4 N–H and O–H groups in total. The number of ether oxygens (including phenoxy) is 1. The molecule has 0 aliphatic heterocycles. The Kier molecular flexibility index (Phi) is 6.83. The molecule has 0 radical (unpaired) electrons. The number of nitrogens with two attached hydrogens (primary N) is 1. The number of carbonyl (C=O) groups excluding carboxylic acids is 1. The Morgan fingerprint density at radius 2 is 1.90 bits per heavy atom. The highest BCUT2D eigenvalue weighted by Gasteiger charge is 2.33. The molecular formula is C25H32N2O3. The first kappa shape index (κ1) is 21.9. The van der Waals surface area contributed by atoms with E-state index in [0.29, 0.717) is 6.42 Å². The van der Waals surface area contributed by atoms with Gasteiger partial charge in [-0.15, -0.1) is 0 Å². The quantitative estimate of drug-likeness (QED) is 0.480. The number of nitrogens with one attached hydrogen (secondary N) is 1.